The van der Waals surface area contributed by atoms with E-state index in [1.165, 1.54) is 29.8 Å². The number of benzene rings is 1. The predicted octanol–water partition coefficient (Wildman–Crippen LogP) is 3.19. The summed E-state index contributed by atoms with van der Waals surface area (Å²) in [6.07, 6.45) is 2.56. The smallest absolute Gasteiger partial charge is 0.117 e. The Kier molecular flexibility index (Phi) is 3.48. The van der Waals surface area contributed by atoms with Crippen LogP contribution >= 0.6 is 11.5 Å². The third kappa shape index (κ3) is 2.35. The largest absolute Gasteiger partial charge is 0.371 e. The fraction of sp³-hybridized carbons (Fsp3) is 0.500. The van der Waals surface area contributed by atoms with Gasteiger partial charge in [-0.1, -0.05) is 19.1 Å². The number of rotatable bonds is 3. The molecule has 3 nitrogen and oxygen atoms in total. The lowest BCUT2D eigenvalue weighted by Gasteiger charge is -2.32. The molecule has 0 amide bonds. The first-order valence-corrected chi connectivity index (χ1v) is 7.47. The molecule has 1 N–H and O–H groups in total. The number of likely N-dealkylation sites (tertiary alicyclic amines) is 1. The Morgan fingerprint density at radius 3 is 3.22 bits per heavy atom. The molecule has 0 saturated carbocycles. The second-order valence-corrected chi connectivity index (χ2v) is 5.68. The quantitative estimate of drug-likeness (QED) is 0.919. The molecule has 1 aliphatic rings. The molecule has 0 spiro atoms. The second kappa shape index (κ2) is 5.24. The topological polar surface area (TPSA) is 28.2 Å². The third-order valence-corrected chi connectivity index (χ3v) is 4.48. The minimum Gasteiger partial charge on any atom is -0.371 e. The summed E-state index contributed by atoms with van der Waals surface area (Å²) < 4.78 is 4.49. The van der Waals surface area contributed by atoms with Crippen LogP contribution in [0.2, 0.25) is 0 Å². The Bertz CT molecular complexity index is 522. The molecule has 2 aromatic rings. The SMILES string of the molecule is CCN1CCCC(Nc2snc3ccccc23)C1. The van der Waals surface area contributed by atoms with E-state index in [4.69, 9.17) is 0 Å². The second-order valence-electron chi connectivity index (χ2n) is 4.91. The summed E-state index contributed by atoms with van der Waals surface area (Å²) in [6.45, 7) is 5.80. The summed E-state index contributed by atoms with van der Waals surface area (Å²) in [5.41, 5.74) is 1.10. The van der Waals surface area contributed by atoms with Crippen molar-refractivity contribution in [3.63, 3.8) is 0 Å². The number of likely N-dealkylation sites (N-methyl/N-ethyl adjacent to an activating group) is 1. The van der Waals surface area contributed by atoms with Crippen molar-refractivity contribution in [3.05, 3.63) is 24.3 Å². The molecule has 1 saturated heterocycles. The number of anilines is 1. The van der Waals surface area contributed by atoms with E-state index in [1.54, 1.807) is 11.5 Å². The molecule has 0 radical (unpaired) electrons. The first kappa shape index (κ1) is 11.9. The van der Waals surface area contributed by atoms with Crippen LogP contribution in [0.5, 0.6) is 0 Å². The molecule has 4 heteroatoms. The summed E-state index contributed by atoms with van der Waals surface area (Å²) in [7, 11) is 0. The Balaban J connectivity index is 1.76. The standard InChI is InChI=1S/C14H19N3S/c1-2-17-9-5-6-11(10-17)15-14-12-7-3-4-8-13(12)16-18-14/h3-4,7-8,11,15H,2,5-6,9-10H2,1H3. The third-order valence-electron chi connectivity index (χ3n) is 3.67. The Labute approximate surface area is 112 Å². The average Bonchev–Trinajstić information content (AvgIpc) is 2.83. The summed E-state index contributed by atoms with van der Waals surface area (Å²) in [4.78, 5) is 2.52. The van der Waals surface area contributed by atoms with Gasteiger partial charge in [-0.3, -0.25) is 0 Å². The fourth-order valence-corrected chi connectivity index (χ4v) is 3.48. The molecule has 96 valence electrons. The van der Waals surface area contributed by atoms with Gasteiger partial charge in [0.15, 0.2) is 0 Å². The number of nitrogens with zero attached hydrogens (tertiary/aromatic N) is 2. The van der Waals surface area contributed by atoms with E-state index in [-0.39, 0.29) is 0 Å². The zero-order chi connectivity index (χ0) is 12.4. The van der Waals surface area contributed by atoms with Gasteiger partial charge < -0.3 is 10.2 Å². The van der Waals surface area contributed by atoms with Crippen molar-refractivity contribution >= 4 is 27.4 Å². The summed E-state index contributed by atoms with van der Waals surface area (Å²) >= 11 is 1.59. The van der Waals surface area contributed by atoms with Crippen molar-refractivity contribution in [3.8, 4) is 0 Å². The summed E-state index contributed by atoms with van der Waals surface area (Å²) in [5, 5.41) is 6.17. The van der Waals surface area contributed by atoms with E-state index in [9.17, 15) is 0 Å². The highest BCUT2D eigenvalue weighted by Crippen LogP contribution is 2.29. The maximum absolute atomic E-state index is 4.49. The average molecular weight is 261 g/mol. The molecular weight excluding hydrogens is 242 g/mol. The predicted molar refractivity (Wildman–Crippen MR) is 78.4 cm³/mol. The summed E-state index contributed by atoms with van der Waals surface area (Å²) in [6, 6.07) is 8.94. The minimum absolute atomic E-state index is 0.572. The maximum atomic E-state index is 4.49. The molecular formula is C14H19N3S. The van der Waals surface area contributed by atoms with Crippen LogP contribution in [-0.2, 0) is 0 Å². The summed E-state index contributed by atoms with van der Waals surface area (Å²) in [5.74, 6) is 0. The molecule has 1 aromatic carbocycles. The van der Waals surface area contributed by atoms with E-state index in [0.29, 0.717) is 6.04 Å². The van der Waals surface area contributed by atoms with Crippen molar-refractivity contribution in [1.82, 2.24) is 9.27 Å². The van der Waals surface area contributed by atoms with Gasteiger partial charge in [-0.05, 0) is 49.6 Å². The van der Waals surface area contributed by atoms with Gasteiger partial charge in [-0.25, -0.2) is 0 Å². The van der Waals surface area contributed by atoms with E-state index >= 15 is 0 Å². The van der Waals surface area contributed by atoms with Gasteiger partial charge in [0, 0.05) is 18.0 Å². The van der Waals surface area contributed by atoms with Gasteiger partial charge in [-0.2, -0.15) is 4.37 Å². The van der Waals surface area contributed by atoms with Crippen LogP contribution in [0.15, 0.2) is 24.3 Å². The maximum Gasteiger partial charge on any atom is 0.117 e. The van der Waals surface area contributed by atoms with Crippen LogP contribution in [0, 0.1) is 0 Å². The van der Waals surface area contributed by atoms with Crippen LogP contribution in [0.4, 0.5) is 5.00 Å². The fourth-order valence-electron chi connectivity index (χ4n) is 2.64. The molecule has 0 bridgehead atoms. The first-order chi connectivity index (χ1) is 8.86. The highest BCUT2D eigenvalue weighted by Gasteiger charge is 2.19. The van der Waals surface area contributed by atoms with Crippen LogP contribution in [-0.4, -0.2) is 34.9 Å². The highest BCUT2D eigenvalue weighted by molar-refractivity contribution is 7.11. The van der Waals surface area contributed by atoms with E-state index in [1.807, 2.05) is 6.07 Å². The van der Waals surface area contributed by atoms with Gasteiger partial charge in [0.2, 0.25) is 0 Å². The zero-order valence-corrected chi connectivity index (χ0v) is 11.5. The molecule has 1 aromatic heterocycles. The molecule has 0 aliphatic carbocycles. The lowest BCUT2D eigenvalue weighted by molar-refractivity contribution is 0.227. The van der Waals surface area contributed by atoms with Crippen LogP contribution in [0.1, 0.15) is 19.8 Å². The van der Waals surface area contributed by atoms with Gasteiger partial charge in [0.05, 0.1) is 5.52 Å². The lowest BCUT2D eigenvalue weighted by Crippen LogP contribution is -2.41. The van der Waals surface area contributed by atoms with Crippen molar-refractivity contribution in [2.24, 2.45) is 0 Å². The van der Waals surface area contributed by atoms with Crippen LogP contribution in [0.25, 0.3) is 10.9 Å². The van der Waals surface area contributed by atoms with E-state index in [2.05, 4.69) is 39.7 Å². The molecule has 2 heterocycles. The minimum atomic E-state index is 0.572. The highest BCUT2D eigenvalue weighted by atomic mass is 32.1. The van der Waals surface area contributed by atoms with Crippen molar-refractivity contribution in [2.45, 2.75) is 25.8 Å². The van der Waals surface area contributed by atoms with E-state index in [0.717, 1.165) is 18.6 Å². The Hall–Kier alpha value is -1.13. The van der Waals surface area contributed by atoms with Crippen molar-refractivity contribution < 1.29 is 0 Å². The van der Waals surface area contributed by atoms with Crippen LogP contribution in [0.3, 0.4) is 0 Å². The number of piperidine rings is 1. The van der Waals surface area contributed by atoms with Gasteiger partial charge in [-0.15, -0.1) is 0 Å². The molecule has 18 heavy (non-hydrogen) atoms. The Morgan fingerprint density at radius 1 is 1.44 bits per heavy atom. The van der Waals surface area contributed by atoms with Gasteiger partial charge in [0.25, 0.3) is 0 Å². The number of hydrogen-bond acceptors (Lipinski definition) is 4. The first-order valence-electron chi connectivity index (χ1n) is 6.70. The molecule has 1 aliphatic heterocycles. The van der Waals surface area contributed by atoms with Crippen LogP contribution < -0.4 is 5.32 Å². The normalized spacial score (nSPS) is 21.3. The number of hydrogen-bond donors (Lipinski definition) is 1. The molecule has 1 atom stereocenters. The van der Waals surface area contributed by atoms with Crippen molar-refractivity contribution in [2.75, 3.05) is 25.0 Å². The zero-order valence-electron chi connectivity index (χ0n) is 10.7. The monoisotopic (exact) mass is 261 g/mol. The molecule has 3 rings (SSSR count). The number of fused-ring (bicyclic) bond motifs is 1. The van der Waals surface area contributed by atoms with Gasteiger partial charge >= 0.3 is 0 Å². The number of aromatic nitrogens is 1. The Morgan fingerprint density at radius 2 is 2.33 bits per heavy atom. The number of nitrogens with one attached hydrogen (secondary N) is 1. The van der Waals surface area contributed by atoms with Gasteiger partial charge in [0.1, 0.15) is 5.00 Å². The molecule has 1 unspecified atom stereocenters. The van der Waals surface area contributed by atoms with Crippen molar-refractivity contribution in [1.29, 1.82) is 0 Å². The van der Waals surface area contributed by atoms with E-state index < -0.39 is 0 Å². The molecule has 1 fully saturated rings. The lowest BCUT2D eigenvalue weighted by atomic mass is 10.1.